The van der Waals surface area contributed by atoms with Crippen LogP contribution < -0.4 is 54.0 Å². The van der Waals surface area contributed by atoms with Gasteiger partial charge in [-0.15, -0.1) is 0 Å². The molecule has 1 aliphatic rings. The number of hydrogen-bond donors (Lipinski definition) is 11. The molecule has 1 heterocycles. The summed E-state index contributed by atoms with van der Waals surface area (Å²) in [7, 11) is 0. The normalized spacial score (nSPS) is 15.1. The Hall–Kier alpha value is -5.87. The number of carbonyl (C=O) groups is 11. The van der Waals surface area contributed by atoms with Crippen molar-refractivity contribution in [3.8, 4) is 0 Å². The molecule has 0 radical (unpaired) electrons. The van der Waals surface area contributed by atoms with Crippen LogP contribution in [0.2, 0.25) is 0 Å². The van der Waals surface area contributed by atoms with Crippen molar-refractivity contribution in [2.24, 2.45) is 11.5 Å². The molecular formula is C28H45N11O12. The molecule has 10 amide bonds. The first-order valence-corrected chi connectivity index (χ1v) is 15.7. The summed E-state index contributed by atoms with van der Waals surface area (Å²) in [4.78, 5) is 133. The molecule has 4 atom stereocenters. The minimum Gasteiger partial charge on any atom is -0.480 e. The van der Waals surface area contributed by atoms with E-state index in [1.165, 1.54) is 18.7 Å². The van der Waals surface area contributed by atoms with Gasteiger partial charge in [-0.1, -0.05) is 0 Å². The zero-order chi connectivity index (χ0) is 38.7. The maximum atomic E-state index is 12.6. The summed E-state index contributed by atoms with van der Waals surface area (Å²) in [6.45, 7) is -0.489. The molecule has 0 spiro atoms. The highest BCUT2D eigenvalue weighted by molar-refractivity contribution is 5.95. The minimum atomic E-state index is -1.29. The van der Waals surface area contributed by atoms with Crippen molar-refractivity contribution in [3.05, 3.63) is 0 Å². The van der Waals surface area contributed by atoms with E-state index in [0.717, 1.165) is 0 Å². The van der Waals surface area contributed by atoms with Gasteiger partial charge in [-0.2, -0.15) is 0 Å². The van der Waals surface area contributed by atoms with Gasteiger partial charge in [0.25, 0.3) is 0 Å². The second kappa shape index (κ2) is 22.0. The number of hydrogen-bond acceptors (Lipinski definition) is 12. The molecule has 0 aliphatic carbocycles. The lowest BCUT2D eigenvalue weighted by molar-refractivity contribution is -0.141. The average molecular weight is 728 g/mol. The largest absolute Gasteiger partial charge is 0.480 e. The van der Waals surface area contributed by atoms with Crippen molar-refractivity contribution >= 4 is 65.0 Å². The molecule has 23 heteroatoms. The van der Waals surface area contributed by atoms with Crippen molar-refractivity contribution < 1.29 is 57.8 Å². The van der Waals surface area contributed by atoms with E-state index in [1.807, 2.05) is 0 Å². The first kappa shape index (κ1) is 43.2. The Kier molecular flexibility index (Phi) is 18.6. The summed E-state index contributed by atoms with van der Waals surface area (Å²) in [6, 6.07) is -4.19. The standard InChI is InChI=1S/C28H45N11O12/c1-14(29)25(48)33-11-22(44)38-16(5-6-18(30)40)27(50)34-9-20(42)31-8-19(41)32-10-21(43)37-15(2)26(49)35-12-23(45)39-7-3-4-17(39)28(51)36-13-24(46)47/h14-17H,3-13,29H2,1-2H3,(H2,30,40)(H,31,42)(H,32,41)(H,33,48)(H,34,50)(H,35,49)(H,36,51)(H,37,43)(H,38,44)(H,46,47). The van der Waals surface area contributed by atoms with Crippen LogP contribution in [0.15, 0.2) is 0 Å². The summed E-state index contributed by atoms with van der Waals surface area (Å²) in [5.74, 6) is -8.63. The van der Waals surface area contributed by atoms with Crippen molar-refractivity contribution in [2.45, 2.75) is 63.7 Å². The molecular weight excluding hydrogens is 682 g/mol. The first-order chi connectivity index (χ1) is 23.9. The van der Waals surface area contributed by atoms with Crippen LogP contribution in [0.4, 0.5) is 0 Å². The lowest BCUT2D eigenvalue weighted by atomic mass is 10.1. The van der Waals surface area contributed by atoms with Crippen LogP contribution in [-0.2, 0) is 52.7 Å². The maximum absolute atomic E-state index is 12.6. The zero-order valence-corrected chi connectivity index (χ0v) is 28.1. The predicted octanol–water partition coefficient (Wildman–Crippen LogP) is -7.64. The van der Waals surface area contributed by atoms with Crippen LogP contribution in [0.1, 0.15) is 39.5 Å². The number of nitrogens with zero attached hydrogens (tertiary/aromatic N) is 1. The Balaban J connectivity index is 2.42. The number of amides is 10. The van der Waals surface area contributed by atoms with E-state index in [2.05, 4.69) is 42.5 Å². The third kappa shape index (κ3) is 17.4. The zero-order valence-electron chi connectivity index (χ0n) is 28.1. The van der Waals surface area contributed by atoms with E-state index in [0.29, 0.717) is 12.8 Å². The van der Waals surface area contributed by atoms with Crippen molar-refractivity contribution in [2.75, 3.05) is 45.8 Å². The Bertz CT molecular complexity index is 1360. The van der Waals surface area contributed by atoms with Crippen molar-refractivity contribution in [1.29, 1.82) is 0 Å². The van der Waals surface area contributed by atoms with Gasteiger partial charge in [0, 0.05) is 13.0 Å². The number of primary amides is 1. The van der Waals surface area contributed by atoms with Gasteiger partial charge in [0.05, 0.1) is 38.8 Å². The third-order valence-electron chi connectivity index (χ3n) is 6.96. The van der Waals surface area contributed by atoms with Gasteiger partial charge in [-0.25, -0.2) is 0 Å². The monoisotopic (exact) mass is 727 g/mol. The molecule has 13 N–H and O–H groups in total. The summed E-state index contributed by atoms with van der Waals surface area (Å²) in [6.07, 6.45) is 0.330. The lowest BCUT2D eigenvalue weighted by Crippen LogP contribution is -2.53. The number of rotatable bonds is 21. The minimum absolute atomic E-state index is 0.213. The van der Waals surface area contributed by atoms with Crippen LogP contribution in [0, 0.1) is 0 Å². The molecule has 284 valence electrons. The van der Waals surface area contributed by atoms with E-state index >= 15 is 0 Å². The Morgan fingerprint density at radius 1 is 0.686 bits per heavy atom. The highest BCUT2D eigenvalue weighted by atomic mass is 16.4. The maximum Gasteiger partial charge on any atom is 0.322 e. The predicted molar refractivity (Wildman–Crippen MR) is 172 cm³/mol. The molecule has 1 fully saturated rings. The molecule has 0 aromatic carbocycles. The van der Waals surface area contributed by atoms with Crippen LogP contribution in [0.3, 0.4) is 0 Å². The number of nitrogens with one attached hydrogen (secondary N) is 8. The Morgan fingerprint density at radius 3 is 1.80 bits per heavy atom. The van der Waals surface area contributed by atoms with Gasteiger partial charge in [0.15, 0.2) is 0 Å². The van der Waals surface area contributed by atoms with Crippen LogP contribution in [-0.4, -0.2) is 145 Å². The fourth-order valence-corrected chi connectivity index (χ4v) is 4.30. The number of carboxylic acid groups (broad SMARTS) is 1. The molecule has 4 unspecified atom stereocenters. The van der Waals surface area contributed by atoms with Crippen molar-refractivity contribution in [1.82, 2.24) is 47.4 Å². The highest BCUT2D eigenvalue weighted by Crippen LogP contribution is 2.17. The summed E-state index contributed by atoms with van der Waals surface area (Å²) in [5.41, 5.74) is 10.5. The van der Waals surface area contributed by atoms with Gasteiger partial charge in [-0.3, -0.25) is 52.7 Å². The van der Waals surface area contributed by atoms with E-state index in [4.69, 9.17) is 16.6 Å². The summed E-state index contributed by atoms with van der Waals surface area (Å²) in [5, 5.41) is 26.8. The molecule has 0 saturated carbocycles. The average Bonchev–Trinajstić information content (AvgIpc) is 3.57. The van der Waals surface area contributed by atoms with Crippen LogP contribution in [0.25, 0.3) is 0 Å². The van der Waals surface area contributed by atoms with Gasteiger partial charge in [0.2, 0.25) is 59.1 Å². The van der Waals surface area contributed by atoms with Gasteiger partial charge in [-0.05, 0) is 33.1 Å². The molecule has 0 aromatic rings. The summed E-state index contributed by atoms with van der Waals surface area (Å²) >= 11 is 0. The molecule has 51 heavy (non-hydrogen) atoms. The summed E-state index contributed by atoms with van der Waals surface area (Å²) < 4.78 is 0. The van der Waals surface area contributed by atoms with E-state index < -0.39 is 128 Å². The fraction of sp³-hybridized carbons (Fsp3) is 0.607. The number of nitrogens with two attached hydrogens (primary N) is 2. The SMILES string of the molecule is CC(N)C(=O)NCC(=O)NC(CCC(N)=O)C(=O)NCC(=O)NCC(=O)NCC(=O)NC(C)C(=O)NCC(=O)N1CCCC1C(=O)NCC(=O)O. The van der Waals surface area contributed by atoms with Gasteiger partial charge < -0.3 is 64.0 Å². The number of carboxylic acids is 1. The van der Waals surface area contributed by atoms with E-state index in [9.17, 15) is 52.7 Å². The van der Waals surface area contributed by atoms with Crippen molar-refractivity contribution in [3.63, 3.8) is 0 Å². The first-order valence-electron chi connectivity index (χ1n) is 15.7. The molecule has 0 bridgehead atoms. The second-order valence-corrected chi connectivity index (χ2v) is 11.3. The fourth-order valence-electron chi connectivity index (χ4n) is 4.30. The number of likely N-dealkylation sites (tertiary alicyclic amines) is 1. The van der Waals surface area contributed by atoms with E-state index in [1.54, 1.807) is 0 Å². The molecule has 0 aromatic heterocycles. The molecule has 1 aliphatic heterocycles. The Labute approximate surface area is 291 Å². The van der Waals surface area contributed by atoms with Gasteiger partial charge in [0.1, 0.15) is 24.7 Å². The Morgan fingerprint density at radius 2 is 1.22 bits per heavy atom. The lowest BCUT2D eigenvalue weighted by Gasteiger charge is -2.24. The molecule has 1 saturated heterocycles. The topological polar surface area (TPSA) is 360 Å². The molecule has 1 rings (SSSR count). The van der Waals surface area contributed by atoms with Gasteiger partial charge >= 0.3 is 5.97 Å². The smallest absolute Gasteiger partial charge is 0.322 e. The molecule has 23 nitrogen and oxygen atoms in total. The van der Waals surface area contributed by atoms with E-state index in [-0.39, 0.29) is 19.4 Å². The van der Waals surface area contributed by atoms with Crippen LogP contribution >= 0.6 is 0 Å². The third-order valence-corrected chi connectivity index (χ3v) is 6.96. The highest BCUT2D eigenvalue weighted by Gasteiger charge is 2.34. The number of carbonyl (C=O) groups excluding carboxylic acids is 10. The quantitative estimate of drug-likeness (QED) is 0.0524. The van der Waals surface area contributed by atoms with Crippen LogP contribution in [0.5, 0.6) is 0 Å². The number of aliphatic carboxylic acids is 1. The second-order valence-electron chi connectivity index (χ2n) is 11.3.